The zero-order valence-electron chi connectivity index (χ0n) is 6.34. The second-order valence-electron chi connectivity index (χ2n) is 1.59. The van der Waals surface area contributed by atoms with Gasteiger partial charge in [-0.05, 0) is 12.2 Å². The molecule has 0 aliphatic heterocycles. The Morgan fingerprint density at radius 2 is 1.50 bits per heavy atom. The Balaban J connectivity index is 3.46. The maximum absolute atomic E-state index is 10.7. The number of rotatable bonds is 6. The van der Waals surface area contributed by atoms with Crippen LogP contribution in [0.2, 0.25) is 0 Å². The summed E-state index contributed by atoms with van der Waals surface area (Å²) in [7, 11) is -2.58. The maximum atomic E-state index is 10.7. The molecule has 0 aliphatic rings. The van der Waals surface area contributed by atoms with Crippen LogP contribution in [-0.4, -0.2) is 23.4 Å². The van der Waals surface area contributed by atoms with Gasteiger partial charge in [-0.2, -0.15) is 0 Å². The zero-order chi connectivity index (χ0) is 9.23. The van der Waals surface area contributed by atoms with Gasteiger partial charge in [-0.1, -0.05) is 0 Å². The first-order valence-electron chi connectivity index (χ1n) is 3.20. The molecule has 0 fully saturated rings. The van der Waals surface area contributed by atoms with E-state index in [4.69, 9.17) is 10.2 Å². The quantitative estimate of drug-likeness (QED) is 0.473. The van der Waals surface area contributed by atoms with Crippen LogP contribution in [0.5, 0.6) is 0 Å². The van der Waals surface area contributed by atoms with Crippen molar-refractivity contribution in [2.75, 3.05) is 13.2 Å². The molecule has 0 bridgehead atoms. The molecule has 5 nitrogen and oxygen atoms in total. The molecule has 0 unspecified atom stereocenters. The van der Waals surface area contributed by atoms with E-state index < -0.39 is 8.25 Å². The molecular weight excluding hydrogens is 183 g/mol. The lowest BCUT2D eigenvalue weighted by Crippen LogP contribution is -1.75. The molecule has 0 amide bonds. The fraction of sp³-hybridized carbons (Fsp3) is 0.333. The van der Waals surface area contributed by atoms with E-state index in [9.17, 15) is 4.57 Å². The molecule has 0 aliphatic carbocycles. The molecule has 0 rings (SSSR count). The molecule has 6 heteroatoms. The Morgan fingerprint density at radius 3 is 1.83 bits per heavy atom. The fourth-order valence-corrected chi connectivity index (χ4v) is 0.791. The highest BCUT2D eigenvalue weighted by Crippen LogP contribution is 2.23. The number of hydrogen-bond donors (Lipinski definition) is 2. The lowest BCUT2D eigenvalue weighted by atomic mass is 10.7. The number of hydrogen-bond acceptors (Lipinski definition) is 5. The predicted molar refractivity (Wildman–Crippen MR) is 43.6 cm³/mol. The van der Waals surface area contributed by atoms with E-state index in [0.717, 1.165) is 12.5 Å². The van der Waals surface area contributed by atoms with Gasteiger partial charge >= 0.3 is 8.25 Å². The van der Waals surface area contributed by atoms with Crippen molar-refractivity contribution >= 4 is 8.25 Å². The summed E-state index contributed by atoms with van der Waals surface area (Å²) in [5, 5.41) is 16.5. The van der Waals surface area contributed by atoms with Gasteiger partial charge < -0.3 is 19.3 Å². The van der Waals surface area contributed by atoms with Crippen molar-refractivity contribution in [3.8, 4) is 0 Å². The Bertz CT molecular complexity index is 159. The molecule has 0 spiro atoms. The van der Waals surface area contributed by atoms with Crippen LogP contribution in [0.3, 0.4) is 0 Å². The first kappa shape index (κ1) is 11.2. The van der Waals surface area contributed by atoms with Crippen molar-refractivity contribution in [3.63, 3.8) is 0 Å². The molecule has 0 aromatic carbocycles. The lowest BCUT2D eigenvalue weighted by Gasteiger charge is -1.98. The van der Waals surface area contributed by atoms with Gasteiger partial charge in [0.05, 0.1) is 25.7 Å². The van der Waals surface area contributed by atoms with E-state index in [1.54, 1.807) is 0 Å². The van der Waals surface area contributed by atoms with Gasteiger partial charge in [0.15, 0.2) is 0 Å². The van der Waals surface area contributed by atoms with Crippen LogP contribution < -0.4 is 0 Å². The van der Waals surface area contributed by atoms with Crippen LogP contribution in [0.1, 0.15) is 0 Å². The summed E-state index contributed by atoms with van der Waals surface area (Å²) in [6.07, 6.45) is 4.74. The molecule has 2 N–H and O–H groups in total. The lowest BCUT2D eigenvalue weighted by molar-refractivity contribution is 0.324. The summed E-state index contributed by atoms with van der Waals surface area (Å²) in [4.78, 5) is 0. The molecule has 0 aromatic heterocycles. The zero-order valence-corrected chi connectivity index (χ0v) is 7.34. The predicted octanol–water partition coefficient (Wildman–Crippen LogP) is 0.421. The van der Waals surface area contributed by atoms with Crippen molar-refractivity contribution in [2.45, 2.75) is 0 Å². The molecule has 0 saturated carbocycles. The van der Waals surface area contributed by atoms with Gasteiger partial charge in [0.2, 0.25) is 0 Å². The van der Waals surface area contributed by atoms with Gasteiger partial charge in [-0.15, -0.1) is 0 Å². The van der Waals surface area contributed by atoms with E-state index in [2.05, 4.69) is 9.05 Å². The highest BCUT2D eigenvalue weighted by atomic mass is 31.1. The molecule has 0 saturated heterocycles. The second kappa shape index (κ2) is 8.33. The van der Waals surface area contributed by atoms with E-state index in [0.29, 0.717) is 0 Å². The van der Waals surface area contributed by atoms with E-state index in [1.807, 2.05) is 0 Å². The van der Waals surface area contributed by atoms with Crippen LogP contribution in [0.25, 0.3) is 0 Å². The molecule has 0 heterocycles. The highest BCUT2D eigenvalue weighted by Gasteiger charge is 1.90. The second-order valence-corrected chi connectivity index (χ2v) is 2.57. The first-order chi connectivity index (χ1) is 5.81. The van der Waals surface area contributed by atoms with Crippen LogP contribution in [-0.2, 0) is 13.6 Å². The third kappa shape index (κ3) is 7.34. The van der Waals surface area contributed by atoms with Gasteiger partial charge in [-0.3, -0.25) is 0 Å². The summed E-state index contributed by atoms with van der Waals surface area (Å²) in [6.45, 7) is -0.358. The first-order valence-corrected chi connectivity index (χ1v) is 4.42. The van der Waals surface area contributed by atoms with E-state index in [1.165, 1.54) is 12.2 Å². The molecule has 0 aromatic rings. The Morgan fingerprint density at radius 1 is 1.08 bits per heavy atom. The number of aliphatic hydroxyl groups excluding tert-OH is 2. The topological polar surface area (TPSA) is 76.0 Å². The summed E-state index contributed by atoms with van der Waals surface area (Å²) in [5.41, 5.74) is 0. The highest BCUT2D eigenvalue weighted by molar-refractivity contribution is 7.33. The minimum atomic E-state index is -2.58. The SMILES string of the molecule is O=[PH](OC=CCO)OC=CCO. The molecule has 0 atom stereocenters. The van der Waals surface area contributed by atoms with E-state index >= 15 is 0 Å². The third-order valence-electron chi connectivity index (χ3n) is 0.732. The summed E-state index contributed by atoms with van der Waals surface area (Å²) < 4.78 is 19.6. The third-order valence-corrected chi connectivity index (χ3v) is 1.39. The van der Waals surface area contributed by atoms with Crippen molar-refractivity contribution in [3.05, 3.63) is 24.7 Å². The normalized spacial score (nSPS) is 13.8. The minimum absolute atomic E-state index is 0.179. The maximum Gasteiger partial charge on any atom is 0.417 e. The van der Waals surface area contributed by atoms with E-state index in [-0.39, 0.29) is 13.2 Å². The summed E-state index contributed by atoms with van der Waals surface area (Å²) in [6, 6.07) is 0. The fourth-order valence-electron chi connectivity index (χ4n) is 0.321. The largest absolute Gasteiger partial charge is 0.426 e. The average molecular weight is 194 g/mol. The van der Waals surface area contributed by atoms with Gasteiger partial charge in [0, 0.05) is 0 Å². The standard InChI is InChI=1S/C6H11O5P/c7-3-1-5-10-12(9)11-6-2-4-8/h1-2,5-8,12H,3-4H2. The van der Waals surface area contributed by atoms with Crippen LogP contribution in [0.4, 0.5) is 0 Å². The Hall–Kier alpha value is -0.770. The van der Waals surface area contributed by atoms with Gasteiger partial charge in [0.25, 0.3) is 0 Å². The van der Waals surface area contributed by atoms with Gasteiger partial charge in [0.1, 0.15) is 0 Å². The smallest absolute Gasteiger partial charge is 0.417 e. The summed E-state index contributed by atoms with van der Waals surface area (Å²) >= 11 is 0. The molecule has 0 radical (unpaired) electrons. The van der Waals surface area contributed by atoms with Crippen LogP contribution in [0, 0.1) is 0 Å². The van der Waals surface area contributed by atoms with Crippen molar-refractivity contribution in [1.82, 2.24) is 0 Å². The Kier molecular flexibility index (Phi) is 7.79. The monoisotopic (exact) mass is 194 g/mol. The summed E-state index contributed by atoms with van der Waals surface area (Å²) in [5.74, 6) is 0. The molecule has 70 valence electrons. The molecular formula is C6H11O5P. The van der Waals surface area contributed by atoms with Crippen LogP contribution in [0.15, 0.2) is 24.7 Å². The number of aliphatic hydroxyl groups is 2. The van der Waals surface area contributed by atoms with Crippen molar-refractivity contribution < 1.29 is 23.8 Å². The average Bonchev–Trinajstić information content (AvgIpc) is 2.06. The van der Waals surface area contributed by atoms with Gasteiger partial charge in [-0.25, -0.2) is 4.57 Å². The Labute approximate surface area is 70.9 Å². The van der Waals surface area contributed by atoms with Crippen LogP contribution >= 0.6 is 8.25 Å². The molecule has 12 heavy (non-hydrogen) atoms. The minimum Gasteiger partial charge on any atom is -0.426 e. The van der Waals surface area contributed by atoms with Crippen molar-refractivity contribution in [1.29, 1.82) is 0 Å². The van der Waals surface area contributed by atoms with Crippen molar-refractivity contribution in [2.24, 2.45) is 0 Å².